The number of hydrogen-bond acceptors (Lipinski definition) is 7. The number of ketones is 2. The van der Waals surface area contributed by atoms with Gasteiger partial charge in [0, 0.05) is 6.20 Å². The summed E-state index contributed by atoms with van der Waals surface area (Å²) in [5, 5.41) is 8.48. The average molecular weight is 310 g/mol. The number of pyridine rings is 1. The summed E-state index contributed by atoms with van der Waals surface area (Å²) in [6, 6.07) is 4.87. The van der Waals surface area contributed by atoms with Crippen LogP contribution in [-0.2, 0) is 4.74 Å². The SMILES string of the molecule is Cc1oc2c(c1C(=O)OCCC#N)C(=O)c1ncccc1C2=O. The molecule has 0 radical (unpaired) electrons. The average Bonchev–Trinajstić information content (AvgIpc) is 2.90. The summed E-state index contributed by atoms with van der Waals surface area (Å²) in [4.78, 5) is 41.1. The molecule has 0 N–H and O–H groups in total. The molecule has 0 amide bonds. The van der Waals surface area contributed by atoms with E-state index in [0.29, 0.717) is 0 Å². The minimum Gasteiger partial charge on any atom is -0.461 e. The molecule has 0 fully saturated rings. The van der Waals surface area contributed by atoms with Gasteiger partial charge in [-0.1, -0.05) is 0 Å². The van der Waals surface area contributed by atoms with Crippen molar-refractivity contribution in [2.75, 3.05) is 6.61 Å². The second kappa shape index (κ2) is 5.50. The smallest absolute Gasteiger partial charge is 0.342 e. The van der Waals surface area contributed by atoms with E-state index in [2.05, 4.69) is 4.98 Å². The highest BCUT2D eigenvalue weighted by molar-refractivity contribution is 6.29. The summed E-state index contributed by atoms with van der Waals surface area (Å²) in [7, 11) is 0. The monoisotopic (exact) mass is 310 g/mol. The molecule has 0 bridgehead atoms. The van der Waals surface area contributed by atoms with Crippen LogP contribution in [0.3, 0.4) is 0 Å². The molecule has 114 valence electrons. The molecule has 2 aromatic rings. The number of fused-ring (bicyclic) bond motifs is 2. The minimum absolute atomic E-state index is 0.0168. The van der Waals surface area contributed by atoms with Crippen LogP contribution >= 0.6 is 0 Å². The van der Waals surface area contributed by atoms with Gasteiger partial charge in [0.15, 0.2) is 5.76 Å². The standard InChI is InChI=1S/C16H10N2O5/c1-8-10(16(21)22-7-3-5-17)11-14(20)12-9(4-2-6-18-12)13(19)15(11)23-8/h2,4,6H,3,7H2,1H3. The van der Waals surface area contributed by atoms with Gasteiger partial charge in [-0.05, 0) is 19.1 Å². The minimum atomic E-state index is -0.803. The van der Waals surface area contributed by atoms with Gasteiger partial charge in [-0.3, -0.25) is 14.6 Å². The Bertz CT molecular complexity index is 888. The van der Waals surface area contributed by atoms with Crippen LogP contribution in [0.5, 0.6) is 0 Å². The van der Waals surface area contributed by atoms with Crippen molar-refractivity contribution in [1.29, 1.82) is 5.26 Å². The van der Waals surface area contributed by atoms with Crippen LogP contribution in [0.4, 0.5) is 0 Å². The second-order valence-corrected chi connectivity index (χ2v) is 4.84. The van der Waals surface area contributed by atoms with E-state index in [-0.39, 0.29) is 46.9 Å². The van der Waals surface area contributed by atoms with Crippen molar-refractivity contribution in [1.82, 2.24) is 4.98 Å². The molecule has 0 atom stereocenters. The molecule has 0 aliphatic heterocycles. The summed E-state index contributed by atoms with van der Waals surface area (Å²) in [5.41, 5.74) is -0.0896. The zero-order valence-corrected chi connectivity index (χ0v) is 12.1. The summed E-state index contributed by atoms with van der Waals surface area (Å²) in [6.45, 7) is 1.36. The van der Waals surface area contributed by atoms with Gasteiger partial charge in [0.05, 0.1) is 23.6 Å². The Balaban J connectivity index is 2.09. The van der Waals surface area contributed by atoms with Gasteiger partial charge in [-0.15, -0.1) is 0 Å². The van der Waals surface area contributed by atoms with E-state index in [9.17, 15) is 14.4 Å². The molecule has 2 aromatic heterocycles. The van der Waals surface area contributed by atoms with Gasteiger partial charge in [0.1, 0.15) is 23.6 Å². The van der Waals surface area contributed by atoms with Gasteiger partial charge in [0.25, 0.3) is 0 Å². The molecular weight excluding hydrogens is 300 g/mol. The predicted molar refractivity (Wildman–Crippen MR) is 75.1 cm³/mol. The van der Waals surface area contributed by atoms with Crippen LogP contribution < -0.4 is 0 Å². The summed E-state index contributed by atoms with van der Waals surface area (Å²) < 4.78 is 10.3. The van der Waals surface area contributed by atoms with Crippen LogP contribution in [0, 0.1) is 18.3 Å². The molecular formula is C16H10N2O5. The Kier molecular flexibility index (Phi) is 3.50. The number of hydrogen-bond donors (Lipinski definition) is 0. The Hall–Kier alpha value is -3.27. The highest BCUT2D eigenvalue weighted by Gasteiger charge is 2.39. The number of aromatic nitrogens is 1. The van der Waals surface area contributed by atoms with Crippen LogP contribution in [-0.4, -0.2) is 29.1 Å². The summed E-state index contributed by atoms with van der Waals surface area (Å²) >= 11 is 0. The second-order valence-electron chi connectivity index (χ2n) is 4.84. The number of carbonyl (C=O) groups excluding carboxylic acids is 3. The first kappa shape index (κ1) is 14.7. The zero-order chi connectivity index (χ0) is 16.6. The lowest BCUT2D eigenvalue weighted by Crippen LogP contribution is -2.23. The van der Waals surface area contributed by atoms with Crippen LogP contribution in [0.25, 0.3) is 0 Å². The fourth-order valence-corrected chi connectivity index (χ4v) is 2.44. The van der Waals surface area contributed by atoms with Crippen molar-refractivity contribution >= 4 is 17.5 Å². The van der Waals surface area contributed by atoms with Crippen molar-refractivity contribution in [3.63, 3.8) is 0 Å². The molecule has 23 heavy (non-hydrogen) atoms. The van der Waals surface area contributed by atoms with Gasteiger partial charge >= 0.3 is 5.97 Å². The molecule has 2 heterocycles. The lowest BCUT2D eigenvalue weighted by Gasteiger charge is -2.12. The van der Waals surface area contributed by atoms with Crippen LogP contribution in [0.1, 0.15) is 54.7 Å². The summed E-state index contributed by atoms with van der Waals surface area (Å²) in [6.07, 6.45) is 1.43. The van der Waals surface area contributed by atoms with Crippen molar-refractivity contribution in [3.05, 3.63) is 52.2 Å². The van der Waals surface area contributed by atoms with Gasteiger partial charge < -0.3 is 9.15 Å². The van der Waals surface area contributed by atoms with Crippen LogP contribution in [0.15, 0.2) is 22.7 Å². The van der Waals surface area contributed by atoms with Crippen molar-refractivity contribution in [3.8, 4) is 6.07 Å². The van der Waals surface area contributed by atoms with E-state index in [4.69, 9.17) is 14.4 Å². The van der Waals surface area contributed by atoms with E-state index >= 15 is 0 Å². The molecule has 0 spiro atoms. The zero-order valence-electron chi connectivity index (χ0n) is 12.1. The normalized spacial score (nSPS) is 12.3. The predicted octanol–water partition coefficient (Wildman–Crippen LogP) is 1.83. The first-order valence-electron chi connectivity index (χ1n) is 6.78. The number of rotatable bonds is 3. The molecule has 0 saturated carbocycles. The van der Waals surface area contributed by atoms with E-state index in [1.54, 1.807) is 6.07 Å². The van der Waals surface area contributed by atoms with Gasteiger partial charge in [-0.2, -0.15) is 5.26 Å². The van der Waals surface area contributed by atoms with Crippen LogP contribution in [0.2, 0.25) is 0 Å². The molecule has 1 aliphatic rings. The van der Waals surface area contributed by atoms with Crippen molar-refractivity contribution in [2.45, 2.75) is 13.3 Å². The number of ether oxygens (including phenoxy) is 1. The maximum absolute atomic E-state index is 12.6. The fraction of sp³-hybridized carbons (Fsp3) is 0.188. The quantitative estimate of drug-likeness (QED) is 0.536. The maximum atomic E-state index is 12.6. The highest BCUT2D eigenvalue weighted by Crippen LogP contribution is 2.32. The number of furan rings is 1. The third-order valence-electron chi connectivity index (χ3n) is 3.44. The number of carbonyl (C=O) groups is 3. The van der Waals surface area contributed by atoms with E-state index < -0.39 is 17.5 Å². The van der Waals surface area contributed by atoms with E-state index in [1.807, 2.05) is 6.07 Å². The van der Waals surface area contributed by atoms with E-state index in [1.165, 1.54) is 19.2 Å². The van der Waals surface area contributed by atoms with Gasteiger partial charge in [-0.25, -0.2) is 4.79 Å². The van der Waals surface area contributed by atoms with Crippen molar-refractivity contribution in [2.24, 2.45) is 0 Å². The Morgan fingerprint density at radius 2 is 2.17 bits per heavy atom. The fourth-order valence-electron chi connectivity index (χ4n) is 2.44. The number of aryl methyl sites for hydroxylation is 1. The number of nitriles is 1. The lowest BCUT2D eigenvalue weighted by atomic mass is 9.90. The lowest BCUT2D eigenvalue weighted by molar-refractivity contribution is 0.0508. The maximum Gasteiger partial charge on any atom is 0.342 e. The molecule has 0 saturated heterocycles. The Morgan fingerprint density at radius 3 is 2.91 bits per heavy atom. The summed E-state index contributed by atoms with van der Waals surface area (Å²) in [5.74, 6) is -1.92. The largest absolute Gasteiger partial charge is 0.461 e. The first-order chi connectivity index (χ1) is 11.1. The topological polar surface area (TPSA) is 110 Å². The number of nitrogens with zero attached hydrogens (tertiary/aromatic N) is 2. The molecule has 1 aliphatic carbocycles. The third kappa shape index (κ3) is 2.21. The first-order valence-corrected chi connectivity index (χ1v) is 6.78. The van der Waals surface area contributed by atoms with Crippen molar-refractivity contribution < 1.29 is 23.5 Å². The molecule has 0 aromatic carbocycles. The number of esters is 1. The third-order valence-corrected chi connectivity index (χ3v) is 3.44. The molecule has 3 rings (SSSR count). The van der Waals surface area contributed by atoms with Gasteiger partial charge in [0.2, 0.25) is 11.6 Å². The molecule has 0 unspecified atom stereocenters. The molecule has 7 nitrogen and oxygen atoms in total. The van der Waals surface area contributed by atoms with E-state index in [0.717, 1.165) is 0 Å². The Morgan fingerprint density at radius 1 is 1.39 bits per heavy atom. The Labute approximate surface area is 130 Å². The molecule has 7 heteroatoms. The highest BCUT2D eigenvalue weighted by atomic mass is 16.5.